The summed E-state index contributed by atoms with van der Waals surface area (Å²) in [4.78, 5) is 0. The minimum Gasteiger partial charge on any atom is -0.382 e. The fourth-order valence-electron chi connectivity index (χ4n) is 2.22. The lowest BCUT2D eigenvalue weighted by Crippen LogP contribution is -2.21. The number of hydrogen-bond donors (Lipinski definition) is 1. The molecule has 0 bridgehead atoms. The van der Waals surface area contributed by atoms with Gasteiger partial charge in [-0.2, -0.15) is 13.2 Å². The monoisotopic (exact) mass is 275 g/mol. The van der Waals surface area contributed by atoms with E-state index in [1.165, 1.54) is 0 Å². The highest BCUT2D eigenvalue weighted by Crippen LogP contribution is 2.51. The van der Waals surface area contributed by atoms with Gasteiger partial charge in [0.15, 0.2) is 0 Å². The topological polar surface area (TPSA) is 12.0 Å². The predicted molar refractivity (Wildman–Crippen MR) is 66.4 cm³/mol. The Morgan fingerprint density at radius 1 is 1.26 bits per heavy atom. The van der Waals surface area contributed by atoms with Crippen LogP contribution in [-0.4, -0.2) is 6.54 Å². The van der Waals surface area contributed by atoms with Gasteiger partial charge < -0.3 is 5.32 Å². The SMILES string of the molecule is CC(C)C1(CNc2ccc(C(F)(F)F)cc2F)CC1. The maximum absolute atomic E-state index is 13.6. The Bertz CT molecular complexity index is 461. The van der Waals surface area contributed by atoms with Gasteiger partial charge >= 0.3 is 6.18 Å². The Morgan fingerprint density at radius 3 is 2.32 bits per heavy atom. The largest absolute Gasteiger partial charge is 0.416 e. The zero-order chi connectivity index (χ0) is 14.3. The molecular formula is C14H17F4N. The summed E-state index contributed by atoms with van der Waals surface area (Å²) in [6.45, 7) is 4.82. The molecule has 0 spiro atoms. The Labute approximate surface area is 110 Å². The third kappa shape index (κ3) is 3.01. The van der Waals surface area contributed by atoms with Gasteiger partial charge in [0.05, 0.1) is 11.3 Å². The zero-order valence-corrected chi connectivity index (χ0v) is 10.9. The lowest BCUT2D eigenvalue weighted by Gasteiger charge is -2.21. The minimum atomic E-state index is -4.50. The molecule has 19 heavy (non-hydrogen) atoms. The average Bonchev–Trinajstić information content (AvgIpc) is 3.07. The maximum Gasteiger partial charge on any atom is 0.416 e. The highest BCUT2D eigenvalue weighted by atomic mass is 19.4. The number of hydrogen-bond acceptors (Lipinski definition) is 1. The van der Waals surface area contributed by atoms with Crippen LogP contribution in [-0.2, 0) is 6.18 Å². The van der Waals surface area contributed by atoms with E-state index in [1.807, 2.05) is 0 Å². The van der Waals surface area contributed by atoms with Crippen LogP contribution in [0, 0.1) is 17.2 Å². The molecule has 2 rings (SSSR count). The van der Waals surface area contributed by atoms with E-state index < -0.39 is 17.6 Å². The lowest BCUT2D eigenvalue weighted by atomic mass is 9.92. The van der Waals surface area contributed by atoms with Gasteiger partial charge in [0.25, 0.3) is 0 Å². The number of alkyl halides is 3. The van der Waals surface area contributed by atoms with Crippen molar-refractivity contribution in [3.63, 3.8) is 0 Å². The van der Waals surface area contributed by atoms with E-state index in [2.05, 4.69) is 19.2 Å². The van der Waals surface area contributed by atoms with Crippen molar-refractivity contribution in [2.45, 2.75) is 32.9 Å². The molecule has 0 heterocycles. The normalized spacial score (nSPS) is 17.6. The van der Waals surface area contributed by atoms with Crippen molar-refractivity contribution in [2.75, 3.05) is 11.9 Å². The fourth-order valence-corrected chi connectivity index (χ4v) is 2.22. The van der Waals surface area contributed by atoms with Gasteiger partial charge in [0.2, 0.25) is 0 Å². The summed E-state index contributed by atoms with van der Waals surface area (Å²) in [5.41, 5.74) is -0.643. The second-order valence-corrected chi connectivity index (χ2v) is 5.56. The first-order valence-electron chi connectivity index (χ1n) is 6.35. The van der Waals surface area contributed by atoms with E-state index in [0.717, 1.165) is 25.0 Å². The van der Waals surface area contributed by atoms with Crippen molar-refractivity contribution in [1.82, 2.24) is 0 Å². The molecule has 0 aromatic heterocycles. The van der Waals surface area contributed by atoms with Crippen molar-refractivity contribution in [1.29, 1.82) is 0 Å². The van der Waals surface area contributed by atoms with E-state index >= 15 is 0 Å². The van der Waals surface area contributed by atoms with E-state index in [9.17, 15) is 17.6 Å². The molecule has 1 aromatic carbocycles. The third-order valence-electron chi connectivity index (χ3n) is 4.04. The van der Waals surface area contributed by atoms with Crippen LogP contribution in [0.25, 0.3) is 0 Å². The predicted octanol–water partition coefficient (Wildman–Crippen LogP) is 4.69. The minimum absolute atomic E-state index is 0.139. The smallest absolute Gasteiger partial charge is 0.382 e. The van der Waals surface area contributed by atoms with Gasteiger partial charge in [-0.25, -0.2) is 4.39 Å². The Balaban J connectivity index is 2.06. The van der Waals surface area contributed by atoms with Crippen molar-refractivity contribution in [3.05, 3.63) is 29.6 Å². The van der Waals surface area contributed by atoms with E-state index in [4.69, 9.17) is 0 Å². The molecule has 1 aliphatic carbocycles. The summed E-state index contributed by atoms with van der Waals surface area (Å²) >= 11 is 0. The van der Waals surface area contributed by atoms with Crippen LogP contribution < -0.4 is 5.32 Å². The molecule has 1 fully saturated rings. The van der Waals surface area contributed by atoms with E-state index in [-0.39, 0.29) is 11.1 Å². The molecule has 1 aromatic rings. The van der Waals surface area contributed by atoms with Crippen molar-refractivity contribution in [2.24, 2.45) is 11.3 Å². The van der Waals surface area contributed by atoms with Crippen LogP contribution in [0.2, 0.25) is 0 Å². The number of anilines is 1. The van der Waals surface area contributed by atoms with Crippen molar-refractivity contribution in [3.8, 4) is 0 Å². The van der Waals surface area contributed by atoms with Crippen LogP contribution >= 0.6 is 0 Å². The molecule has 0 aliphatic heterocycles. The van der Waals surface area contributed by atoms with Crippen molar-refractivity contribution < 1.29 is 17.6 Å². The second-order valence-electron chi connectivity index (χ2n) is 5.56. The summed E-state index contributed by atoms with van der Waals surface area (Å²) in [5, 5.41) is 2.93. The lowest BCUT2D eigenvalue weighted by molar-refractivity contribution is -0.137. The van der Waals surface area contributed by atoms with Gasteiger partial charge in [0.1, 0.15) is 5.82 Å². The summed E-state index contributed by atoms with van der Waals surface area (Å²) in [6, 6.07) is 2.60. The number of nitrogens with one attached hydrogen (secondary N) is 1. The van der Waals surface area contributed by atoms with Gasteiger partial charge in [-0.05, 0) is 42.4 Å². The first-order valence-corrected chi connectivity index (χ1v) is 6.35. The van der Waals surface area contributed by atoms with Crippen LogP contribution in [0.3, 0.4) is 0 Å². The summed E-state index contributed by atoms with van der Waals surface area (Å²) < 4.78 is 50.8. The molecule has 0 unspecified atom stereocenters. The Kier molecular flexibility index (Phi) is 3.49. The van der Waals surface area contributed by atoms with Gasteiger partial charge in [0, 0.05) is 6.54 Å². The van der Waals surface area contributed by atoms with E-state index in [0.29, 0.717) is 18.5 Å². The van der Waals surface area contributed by atoms with Crippen LogP contribution in [0.5, 0.6) is 0 Å². The molecule has 0 radical (unpaired) electrons. The number of benzene rings is 1. The van der Waals surface area contributed by atoms with Gasteiger partial charge in [-0.3, -0.25) is 0 Å². The molecule has 0 atom stereocenters. The maximum atomic E-state index is 13.6. The molecule has 0 amide bonds. The summed E-state index contributed by atoms with van der Waals surface area (Å²) in [5.74, 6) is -0.369. The molecule has 1 N–H and O–H groups in total. The summed E-state index contributed by atoms with van der Waals surface area (Å²) in [7, 11) is 0. The first-order chi connectivity index (χ1) is 8.74. The highest BCUT2D eigenvalue weighted by molar-refractivity contribution is 5.47. The average molecular weight is 275 g/mol. The molecule has 1 aliphatic rings. The third-order valence-corrected chi connectivity index (χ3v) is 4.04. The van der Waals surface area contributed by atoms with Gasteiger partial charge in [-0.15, -0.1) is 0 Å². The summed E-state index contributed by atoms with van der Waals surface area (Å²) in [6.07, 6.45) is -2.34. The Hall–Kier alpha value is -1.26. The number of halogens is 4. The molecule has 1 nitrogen and oxygen atoms in total. The van der Waals surface area contributed by atoms with E-state index in [1.54, 1.807) is 0 Å². The molecule has 1 saturated carbocycles. The zero-order valence-electron chi connectivity index (χ0n) is 10.9. The second kappa shape index (κ2) is 4.69. The number of rotatable bonds is 4. The molecule has 5 heteroatoms. The molecule has 0 saturated heterocycles. The molecule has 106 valence electrons. The Morgan fingerprint density at radius 2 is 1.89 bits per heavy atom. The van der Waals surface area contributed by atoms with Crippen LogP contribution in [0.4, 0.5) is 23.2 Å². The van der Waals surface area contributed by atoms with Crippen molar-refractivity contribution >= 4 is 5.69 Å². The standard InChI is InChI=1S/C14H17F4N/c1-9(2)13(5-6-13)8-19-12-4-3-10(7-11(12)15)14(16,17)18/h3-4,7,9,19H,5-6,8H2,1-2H3. The first kappa shape index (κ1) is 14.2. The van der Waals surface area contributed by atoms with Crippen LogP contribution in [0.15, 0.2) is 18.2 Å². The highest BCUT2D eigenvalue weighted by Gasteiger charge is 2.45. The van der Waals surface area contributed by atoms with Crippen LogP contribution in [0.1, 0.15) is 32.3 Å². The van der Waals surface area contributed by atoms with Gasteiger partial charge in [-0.1, -0.05) is 13.8 Å². The fraction of sp³-hybridized carbons (Fsp3) is 0.571. The quantitative estimate of drug-likeness (QED) is 0.786. The molecular weight excluding hydrogens is 258 g/mol.